The van der Waals surface area contributed by atoms with Crippen LogP contribution >= 0.6 is 34.8 Å². The van der Waals surface area contributed by atoms with Gasteiger partial charge in [0.2, 0.25) is 5.95 Å². The smallest absolute Gasteiger partial charge is 0.212 e. The predicted molar refractivity (Wildman–Crippen MR) is 109 cm³/mol. The number of rotatable bonds is 3. The number of benzene rings is 1. The maximum absolute atomic E-state index is 6.47. The van der Waals surface area contributed by atoms with Crippen molar-refractivity contribution in [2.45, 2.75) is 32.7 Å². The van der Waals surface area contributed by atoms with Gasteiger partial charge in [-0.1, -0.05) is 47.8 Å². The van der Waals surface area contributed by atoms with Crippen LogP contribution in [0.25, 0.3) is 11.0 Å². The van der Waals surface area contributed by atoms with E-state index in [9.17, 15) is 0 Å². The molecule has 0 atom stereocenters. The topological polar surface area (TPSA) is 34.0 Å². The number of pyridine rings is 1. The minimum absolute atomic E-state index is 0.518. The molecule has 4 nitrogen and oxygen atoms in total. The van der Waals surface area contributed by atoms with E-state index < -0.39 is 0 Å². The van der Waals surface area contributed by atoms with Gasteiger partial charge in [-0.15, -0.1) is 0 Å². The quantitative estimate of drug-likeness (QED) is 0.511. The van der Waals surface area contributed by atoms with E-state index in [0.29, 0.717) is 20.9 Å². The zero-order chi connectivity index (χ0) is 18.3. The number of hydrogen-bond donors (Lipinski definition) is 0. The van der Waals surface area contributed by atoms with Crippen molar-refractivity contribution >= 4 is 57.6 Å². The summed E-state index contributed by atoms with van der Waals surface area (Å²) < 4.78 is 2.24. The Morgan fingerprint density at radius 1 is 1.12 bits per heavy atom. The molecule has 0 amide bonds. The van der Waals surface area contributed by atoms with E-state index in [-0.39, 0.29) is 0 Å². The maximum atomic E-state index is 6.47. The Labute approximate surface area is 167 Å². The fourth-order valence-electron chi connectivity index (χ4n) is 3.47. The van der Waals surface area contributed by atoms with Crippen LogP contribution in [0.5, 0.6) is 0 Å². The maximum Gasteiger partial charge on any atom is 0.212 e. The van der Waals surface area contributed by atoms with Gasteiger partial charge in [-0.05, 0) is 43.4 Å². The Morgan fingerprint density at radius 2 is 1.92 bits per heavy atom. The number of aryl methyl sites for hydroxylation is 1. The number of nitrogens with zero attached hydrogens (tertiary/aromatic N) is 4. The van der Waals surface area contributed by atoms with Crippen molar-refractivity contribution in [3.05, 3.63) is 51.4 Å². The van der Waals surface area contributed by atoms with E-state index in [4.69, 9.17) is 39.8 Å². The molecule has 26 heavy (non-hydrogen) atoms. The van der Waals surface area contributed by atoms with Crippen LogP contribution in [0.15, 0.2) is 24.4 Å². The van der Waals surface area contributed by atoms with E-state index in [0.717, 1.165) is 54.9 Å². The van der Waals surface area contributed by atoms with Gasteiger partial charge in [0.25, 0.3) is 0 Å². The van der Waals surface area contributed by atoms with Gasteiger partial charge >= 0.3 is 0 Å². The summed E-state index contributed by atoms with van der Waals surface area (Å²) in [4.78, 5) is 11.4. The largest absolute Gasteiger partial charge is 0.309 e. The van der Waals surface area contributed by atoms with E-state index in [1.807, 2.05) is 6.07 Å². The molecule has 1 aliphatic heterocycles. The van der Waals surface area contributed by atoms with Gasteiger partial charge in [-0.2, -0.15) is 0 Å². The van der Waals surface area contributed by atoms with Gasteiger partial charge in [0.1, 0.15) is 5.52 Å². The summed E-state index contributed by atoms with van der Waals surface area (Å²) in [5.41, 5.74) is 3.05. The Bertz CT molecular complexity index is 967. The van der Waals surface area contributed by atoms with Gasteiger partial charge in [0.05, 0.1) is 20.6 Å². The van der Waals surface area contributed by atoms with E-state index in [2.05, 4.69) is 33.9 Å². The molecule has 3 heterocycles. The van der Waals surface area contributed by atoms with Crippen LogP contribution < -0.4 is 4.90 Å². The van der Waals surface area contributed by atoms with Gasteiger partial charge in [-0.25, -0.2) is 9.97 Å². The molecule has 0 aliphatic carbocycles. The molecule has 0 spiro atoms. The predicted octanol–water partition coefficient (Wildman–Crippen LogP) is 6.29. The third-order valence-electron chi connectivity index (χ3n) is 4.58. The lowest BCUT2D eigenvalue weighted by Crippen LogP contribution is -2.21. The van der Waals surface area contributed by atoms with Gasteiger partial charge in [0, 0.05) is 19.3 Å². The van der Waals surface area contributed by atoms with Crippen molar-refractivity contribution in [2.75, 3.05) is 11.4 Å². The Hall–Kier alpha value is -1.49. The minimum Gasteiger partial charge on any atom is -0.309 e. The van der Waals surface area contributed by atoms with Gasteiger partial charge in [0.15, 0.2) is 5.82 Å². The molecule has 0 fully saturated rings. The first-order chi connectivity index (χ1) is 12.6. The van der Waals surface area contributed by atoms with Crippen molar-refractivity contribution in [1.82, 2.24) is 14.5 Å². The Balaban J connectivity index is 1.95. The molecule has 3 aromatic rings. The van der Waals surface area contributed by atoms with E-state index in [1.54, 1.807) is 12.3 Å². The normalized spacial score (nSPS) is 14.5. The minimum atomic E-state index is 0.518. The third kappa shape index (κ3) is 3.04. The van der Waals surface area contributed by atoms with Gasteiger partial charge in [-0.3, -0.25) is 4.90 Å². The van der Waals surface area contributed by atoms with Crippen LogP contribution in [0.2, 0.25) is 15.1 Å². The lowest BCUT2D eigenvalue weighted by atomic mass is 10.1. The molecule has 0 N–H and O–H groups in total. The molecule has 0 bridgehead atoms. The highest BCUT2D eigenvalue weighted by molar-refractivity contribution is 6.36. The first-order valence-corrected chi connectivity index (χ1v) is 9.84. The summed E-state index contributed by atoms with van der Waals surface area (Å²) in [6, 6.07) is 5.69. The lowest BCUT2D eigenvalue weighted by molar-refractivity contribution is 0.668. The van der Waals surface area contributed by atoms with Crippen LogP contribution in [-0.2, 0) is 6.54 Å². The highest BCUT2D eigenvalue weighted by Crippen LogP contribution is 2.38. The fourth-order valence-corrected chi connectivity index (χ4v) is 4.15. The number of hydrogen-bond acceptors (Lipinski definition) is 3. The number of anilines is 2. The van der Waals surface area contributed by atoms with Crippen LogP contribution in [-0.4, -0.2) is 21.1 Å². The third-order valence-corrected chi connectivity index (χ3v) is 5.37. The number of aromatic nitrogens is 3. The first kappa shape index (κ1) is 17.9. The standard InChI is InChI=1S/C19H18Cl3N4/c1-2-5-12-6-7-14(21)16-17(12)25-8-3-4-9-26(19(25)24-16)18-15(22)10-13(20)11-23-18/h5-7,10-11H,2-4,8-9H2,1H3. The second kappa shape index (κ2) is 7.26. The van der Waals surface area contributed by atoms with E-state index >= 15 is 0 Å². The Kier molecular flexibility index (Phi) is 5.00. The van der Waals surface area contributed by atoms with Crippen LogP contribution in [0.4, 0.5) is 11.8 Å². The summed E-state index contributed by atoms with van der Waals surface area (Å²) in [6.07, 6.45) is 6.85. The zero-order valence-corrected chi connectivity index (χ0v) is 16.6. The SMILES string of the molecule is CC[CH]c1ccc(Cl)c2nc3n(c12)CCCCN3c1ncc(Cl)cc1Cl. The van der Waals surface area contributed by atoms with Crippen LogP contribution in [0.3, 0.4) is 0 Å². The van der Waals surface area contributed by atoms with Crippen molar-refractivity contribution in [3.8, 4) is 0 Å². The molecule has 0 saturated carbocycles. The highest BCUT2D eigenvalue weighted by atomic mass is 35.5. The molecule has 1 aromatic carbocycles. The fraction of sp³-hybridized carbons (Fsp3) is 0.316. The van der Waals surface area contributed by atoms with Crippen molar-refractivity contribution in [2.24, 2.45) is 0 Å². The molecule has 1 radical (unpaired) electrons. The number of fused-ring (bicyclic) bond motifs is 3. The molecule has 7 heteroatoms. The molecule has 2 aromatic heterocycles. The molecule has 0 unspecified atom stereocenters. The molecule has 4 rings (SSSR count). The summed E-state index contributed by atoms with van der Waals surface area (Å²) in [5, 5.41) is 1.69. The first-order valence-electron chi connectivity index (χ1n) is 8.70. The van der Waals surface area contributed by atoms with Crippen molar-refractivity contribution in [1.29, 1.82) is 0 Å². The average molecular weight is 409 g/mol. The van der Waals surface area contributed by atoms with Crippen molar-refractivity contribution in [3.63, 3.8) is 0 Å². The molecular formula is C19H18Cl3N4. The molecule has 1 aliphatic rings. The lowest BCUT2D eigenvalue weighted by Gasteiger charge is -2.22. The Morgan fingerprint density at radius 3 is 2.69 bits per heavy atom. The second-order valence-corrected chi connectivity index (χ2v) is 7.58. The number of imidazole rings is 1. The summed E-state index contributed by atoms with van der Waals surface area (Å²) in [6.45, 7) is 3.81. The van der Waals surface area contributed by atoms with Crippen LogP contribution in [0, 0.1) is 6.42 Å². The summed E-state index contributed by atoms with van der Waals surface area (Å²) >= 11 is 18.9. The second-order valence-electron chi connectivity index (χ2n) is 6.33. The van der Waals surface area contributed by atoms with E-state index in [1.165, 1.54) is 0 Å². The summed E-state index contributed by atoms with van der Waals surface area (Å²) in [7, 11) is 0. The zero-order valence-electron chi connectivity index (χ0n) is 14.3. The highest BCUT2D eigenvalue weighted by Gasteiger charge is 2.26. The number of halogens is 3. The van der Waals surface area contributed by atoms with Gasteiger partial charge < -0.3 is 4.57 Å². The summed E-state index contributed by atoms with van der Waals surface area (Å²) in [5.74, 6) is 1.50. The molecule has 135 valence electrons. The van der Waals surface area contributed by atoms with Crippen LogP contribution in [0.1, 0.15) is 31.7 Å². The monoisotopic (exact) mass is 407 g/mol. The average Bonchev–Trinajstić information content (AvgIpc) is 2.88. The molecule has 0 saturated heterocycles. The molecular weight excluding hydrogens is 391 g/mol. The van der Waals surface area contributed by atoms with Crippen molar-refractivity contribution < 1.29 is 0 Å².